The maximum atomic E-state index is 9.77. The van der Waals surface area contributed by atoms with E-state index in [1.54, 1.807) is 20.2 Å². The Labute approximate surface area is 89.4 Å². The summed E-state index contributed by atoms with van der Waals surface area (Å²) in [6, 6.07) is 6.14. The van der Waals surface area contributed by atoms with Gasteiger partial charge in [0.2, 0.25) is 0 Å². The van der Waals surface area contributed by atoms with Crippen molar-refractivity contribution in [3.8, 4) is 0 Å². The van der Waals surface area contributed by atoms with Gasteiger partial charge in [-0.25, -0.2) is 4.98 Å². The van der Waals surface area contributed by atoms with Gasteiger partial charge in [-0.2, -0.15) is 0 Å². The molecule has 0 saturated heterocycles. The summed E-state index contributed by atoms with van der Waals surface area (Å²) in [7, 11) is 0. The highest BCUT2D eigenvalue weighted by molar-refractivity contribution is 5.76. The summed E-state index contributed by atoms with van der Waals surface area (Å²) in [5, 5.41) is 9.77. The second-order valence-corrected chi connectivity index (χ2v) is 4.68. The molecule has 0 saturated carbocycles. The number of nitrogens with zero attached hydrogens (tertiary/aromatic N) is 2. The van der Waals surface area contributed by atoms with Gasteiger partial charge < -0.3 is 9.67 Å². The van der Waals surface area contributed by atoms with Crippen molar-refractivity contribution in [1.29, 1.82) is 0 Å². The minimum absolute atomic E-state index is 0.562. The molecule has 80 valence electrons. The second kappa shape index (κ2) is 3.35. The van der Waals surface area contributed by atoms with Crippen molar-refractivity contribution in [2.24, 2.45) is 0 Å². The molecule has 0 unspecified atom stereocenters. The number of aryl methyl sites for hydroxylation is 1. The Morgan fingerprint density at radius 3 is 2.80 bits per heavy atom. The fourth-order valence-corrected chi connectivity index (χ4v) is 1.71. The van der Waals surface area contributed by atoms with E-state index in [0.717, 1.165) is 11.0 Å². The molecule has 1 heterocycles. The van der Waals surface area contributed by atoms with Crippen molar-refractivity contribution in [3.63, 3.8) is 0 Å². The predicted octanol–water partition coefficient (Wildman–Crippen LogP) is 2.12. The number of benzene rings is 1. The third-order valence-corrected chi connectivity index (χ3v) is 2.33. The van der Waals surface area contributed by atoms with Crippen molar-refractivity contribution < 1.29 is 5.11 Å². The first-order valence-electron chi connectivity index (χ1n) is 5.10. The second-order valence-electron chi connectivity index (χ2n) is 4.68. The quantitative estimate of drug-likeness (QED) is 0.813. The first kappa shape index (κ1) is 10.2. The summed E-state index contributed by atoms with van der Waals surface area (Å²) in [6.45, 7) is 6.22. The summed E-state index contributed by atoms with van der Waals surface area (Å²) in [6.07, 6.45) is 1.78. The molecule has 15 heavy (non-hydrogen) atoms. The van der Waals surface area contributed by atoms with E-state index in [0.29, 0.717) is 6.54 Å². The molecule has 0 bridgehead atoms. The first-order valence-corrected chi connectivity index (χ1v) is 5.10. The summed E-state index contributed by atoms with van der Waals surface area (Å²) in [4.78, 5) is 4.30. The zero-order chi connectivity index (χ0) is 11.1. The fourth-order valence-electron chi connectivity index (χ4n) is 1.71. The van der Waals surface area contributed by atoms with Gasteiger partial charge in [0.25, 0.3) is 0 Å². The average Bonchev–Trinajstić information content (AvgIpc) is 2.46. The monoisotopic (exact) mass is 204 g/mol. The standard InChI is InChI=1S/C12H16N2O/c1-9-4-5-10-11(6-9)14(8-13-10)7-12(2,3)15/h4-6,8,15H,7H2,1-3H3. The van der Waals surface area contributed by atoms with Crippen LogP contribution in [0.3, 0.4) is 0 Å². The van der Waals surface area contributed by atoms with E-state index in [-0.39, 0.29) is 0 Å². The third kappa shape index (κ3) is 2.18. The van der Waals surface area contributed by atoms with E-state index in [1.165, 1.54) is 5.56 Å². The lowest BCUT2D eigenvalue weighted by atomic mass is 10.1. The normalized spacial score (nSPS) is 12.3. The Bertz CT molecular complexity index is 480. The van der Waals surface area contributed by atoms with Gasteiger partial charge in [-0.1, -0.05) is 6.07 Å². The van der Waals surface area contributed by atoms with Crippen LogP contribution in [0.2, 0.25) is 0 Å². The van der Waals surface area contributed by atoms with Crippen molar-refractivity contribution in [2.45, 2.75) is 32.9 Å². The molecule has 0 radical (unpaired) electrons. The number of hydrogen-bond acceptors (Lipinski definition) is 2. The van der Waals surface area contributed by atoms with E-state index in [4.69, 9.17) is 0 Å². The smallest absolute Gasteiger partial charge is 0.0959 e. The van der Waals surface area contributed by atoms with Gasteiger partial charge in [-0.3, -0.25) is 0 Å². The molecular formula is C12H16N2O. The summed E-state index contributed by atoms with van der Waals surface area (Å²) in [5.41, 5.74) is 2.55. The number of rotatable bonds is 2. The van der Waals surface area contributed by atoms with E-state index < -0.39 is 5.60 Å². The summed E-state index contributed by atoms with van der Waals surface area (Å²) < 4.78 is 1.99. The van der Waals surface area contributed by atoms with Gasteiger partial charge >= 0.3 is 0 Å². The largest absolute Gasteiger partial charge is 0.389 e. The maximum absolute atomic E-state index is 9.77. The van der Waals surface area contributed by atoms with Gasteiger partial charge in [-0.15, -0.1) is 0 Å². The molecular weight excluding hydrogens is 188 g/mol. The highest BCUT2D eigenvalue weighted by Crippen LogP contribution is 2.17. The molecule has 0 aliphatic carbocycles. The number of imidazole rings is 1. The Morgan fingerprint density at radius 1 is 1.40 bits per heavy atom. The summed E-state index contributed by atoms with van der Waals surface area (Å²) in [5.74, 6) is 0. The van der Waals surface area contributed by atoms with Crippen LogP contribution >= 0.6 is 0 Å². The minimum Gasteiger partial charge on any atom is -0.389 e. The SMILES string of the molecule is Cc1ccc2ncn(CC(C)(C)O)c2c1. The molecule has 3 nitrogen and oxygen atoms in total. The van der Waals surface area contributed by atoms with Crippen molar-refractivity contribution >= 4 is 11.0 Å². The number of fused-ring (bicyclic) bond motifs is 1. The minimum atomic E-state index is -0.711. The Balaban J connectivity index is 2.48. The lowest BCUT2D eigenvalue weighted by Gasteiger charge is -2.18. The van der Waals surface area contributed by atoms with Crippen LogP contribution in [-0.2, 0) is 6.54 Å². The van der Waals surface area contributed by atoms with E-state index >= 15 is 0 Å². The first-order chi connectivity index (χ1) is 6.96. The molecule has 0 fully saturated rings. The average molecular weight is 204 g/mol. The van der Waals surface area contributed by atoms with Crippen molar-refractivity contribution in [2.75, 3.05) is 0 Å². The van der Waals surface area contributed by atoms with Crippen LogP contribution in [-0.4, -0.2) is 20.3 Å². The molecule has 0 amide bonds. The van der Waals surface area contributed by atoms with Crippen LogP contribution < -0.4 is 0 Å². The molecule has 0 aliphatic heterocycles. The van der Waals surface area contributed by atoms with Crippen LogP contribution in [0.4, 0.5) is 0 Å². The van der Waals surface area contributed by atoms with Crippen LogP contribution in [0.5, 0.6) is 0 Å². The zero-order valence-corrected chi connectivity index (χ0v) is 9.36. The van der Waals surface area contributed by atoms with E-state index in [2.05, 4.69) is 18.0 Å². The fraction of sp³-hybridized carbons (Fsp3) is 0.417. The molecule has 0 atom stereocenters. The predicted molar refractivity (Wildman–Crippen MR) is 60.8 cm³/mol. The van der Waals surface area contributed by atoms with E-state index in [9.17, 15) is 5.11 Å². The lowest BCUT2D eigenvalue weighted by molar-refractivity contribution is 0.0626. The number of aromatic nitrogens is 2. The Morgan fingerprint density at radius 2 is 2.13 bits per heavy atom. The molecule has 2 rings (SSSR count). The zero-order valence-electron chi connectivity index (χ0n) is 9.36. The van der Waals surface area contributed by atoms with Crippen LogP contribution in [0.1, 0.15) is 19.4 Å². The van der Waals surface area contributed by atoms with Crippen molar-refractivity contribution in [1.82, 2.24) is 9.55 Å². The van der Waals surface area contributed by atoms with Gasteiger partial charge in [0, 0.05) is 0 Å². The molecule has 0 aliphatic rings. The third-order valence-electron chi connectivity index (χ3n) is 2.33. The summed E-state index contributed by atoms with van der Waals surface area (Å²) >= 11 is 0. The van der Waals surface area contributed by atoms with Gasteiger partial charge in [-0.05, 0) is 38.5 Å². The Hall–Kier alpha value is -1.35. The van der Waals surface area contributed by atoms with Crippen LogP contribution in [0.25, 0.3) is 11.0 Å². The molecule has 1 N–H and O–H groups in total. The molecule has 1 aromatic carbocycles. The molecule has 0 spiro atoms. The van der Waals surface area contributed by atoms with Crippen molar-refractivity contribution in [3.05, 3.63) is 30.1 Å². The van der Waals surface area contributed by atoms with Crippen LogP contribution in [0, 0.1) is 6.92 Å². The number of aliphatic hydroxyl groups is 1. The Kier molecular flexibility index (Phi) is 2.27. The van der Waals surface area contributed by atoms with Crippen LogP contribution in [0.15, 0.2) is 24.5 Å². The van der Waals surface area contributed by atoms with Gasteiger partial charge in [0.15, 0.2) is 0 Å². The highest BCUT2D eigenvalue weighted by Gasteiger charge is 2.14. The molecule has 2 aromatic rings. The topological polar surface area (TPSA) is 38.0 Å². The maximum Gasteiger partial charge on any atom is 0.0959 e. The number of hydrogen-bond donors (Lipinski definition) is 1. The lowest BCUT2D eigenvalue weighted by Crippen LogP contribution is -2.25. The molecule has 3 heteroatoms. The molecule has 1 aromatic heterocycles. The van der Waals surface area contributed by atoms with Gasteiger partial charge in [0.05, 0.1) is 29.5 Å². The highest BCUT2D eigenvalue weighted by atomic mass is 16.3. The van der Waals surface area contributed by atoms with E-state index in [1.807, 2.05) is 16.7 Å². The van der Waals surface area contributed by atoms with Gasteiger partial charge in [0.1, 0.15) is 0 Å².